The number of rotatable bonds is 3. The van der Waals surface area contributed by atoms with Gasteiger partial charge in [-0.1, -0.05) is 0 Å². The number of anilines is 1. The molecule has 0 saturated heterocycles. The molecule has 0 aliphatic carbocycles. The third kappa shape index (κ3) is 1.74. The lowest BCUT2D eigenvalue weighted by Gasteiger charge is -1.97. The number of nitrogens with zero attached hydrogens (tertiary/aromatic N) is 3. The minimum atomic E-state index is 0.270. The van der Waals surface area contributed by atoms with E-state index in [1.54, 1.807) is 18.0 Å². The van der Waals surface area contributed by atoms with Gasteiger partial charge in [0.2, 0.25) is 0 Å². The van der Waals surface area contributed by atoms with Gasteiger partial charge in [0.1, 0.15) is 6.07 Å². The van der Waals surface area contributed by atoms with Crippen molar-refractivity contribution >= 4 is 5.69 Å². The molecule has 0 aliphatic heterocycles. The summed E-state index contributed by atoms with van der Waals surface area (Å²) in [6.07, 6.45) is 1.62. The van der Waals surface area contributed by atoms with Crippen LogP contribution in [-0.2, 0) is 11.3 Å². The number of nitriles is 1. The Morgan fingerprint density at radius 3 is 3.08 bits per heavy atom. The molecule has 0 bridgehead atoms. The second-order valence-electron chi connectivity index (χ2n) is 2.30. The Hall–Kier alpha value is -1.54. The normalized spacial score (nSPS) is 9.67. The molecule has 0 atom stereocenters. The molecule has 1 heterocycles. The predicted octanol–water partition coefficient (Wildman–Crippen LogP) is -0.0166. The second kappa shape index (κ2) is 3.74. The highest BCUT2D eigenvalue weighted by atomic mass is 16.5. The summed E-state index contributed by atoms with van der Waals surface area (Å²) in [5.41, 5.74) is 6.16. The van der Waals surface area contributed by atoms with Gasteiger partial charge in [-0.15, -0.1) is 0 Å². The molecule has 12 heavy (non-hydrogen) atoms. The third-order valence-electron chi connectivity index (χ3n) is 1.42. The van der Waals surface area contributed by atoms with Gasteiger partial charge in [0, 0.05) is 13.3 Å². The van der Waals surface area contributed by atoms with Gasteiger partial charge >= 0.3 is 0 Å². The van der Waals surface area contributed by atoms with Crippen LogP contribution in [0.1, 0.15) is 5.69 Å². The van der Waals surface area contributed by atoms with Gasteiger partial charge in [-0.05, 0) is 0 Å². The lowest BCUT2D eigenvalue weighted by Crippen LogP contribution is -2.04. The maximum Gasteiger partial charge on any atom is 0.185 e. The van der Waals surface area contributed by atoms with E-state index >= 15 is 0 Å². The largest absolute Gasteiger partial charge is 0.395 e. The lowest BCUT2D eigenvalue weighted by molar-refractivity contribution is 0.183. The molecule has 0 amide bonds. The topological polar surface area (TPSA) is 76.9 Å². The molecule has 1 rings (SSSR count). The van der Waals surface area contributed by atoms with Gasteiger partial charge in [0.05, 0.1) is 18.8 Å². The maximum atomic E-state index is 8.52. The highest BCUT2D eigenvalue weighted by Gasteiger charge is 2.03. The van der Waals surface area contributed by atoms with Crippen LogP contribution in [0.5, 0.6) is 0 Å². The van der Waals surface area contributed by atoms with Crippen molar-refractivity contribution in [2.75, 3.05) is 19.5 Å². The molecule has 2 N–H and O–H groups in total. The SMILES string of the molecule is COCCn1cc(N)c(C#N)n1. The van der Waals surface area contributed by atoms with E-state index < -0.39 is 0 Å². The smallest absolute Gasteiger partial charge is 0.185 e. The van der Waals surface area contributed by atoms with E-state index in [1.807, 2.05) is 6.07 Å². The Labute approximate surface area is 70.3 Å². The molecule has 5 heteroatoms. The summed E-state index contributed by atoms with van der Waals surface area (Å²) in [6.45, 7) is 1.17. The first kappa shape index (κ1) is 8.56. The minimum Gasteiger partial charge on any atom is -0.395 e. The highest BCUT2D eigenvalue weighted by molar-refractivity contribution is 5.47. The van der Waals surface area contributed by atoms with Crippen molar-refractivity contribution in [1.29, 1.82) is 5.26 Å². The van der Waals surface area contributed by atoms with Gasteiger partial charge in [-0.25, -0.2) is 0 Å². The zero-order chi connectivity index (χ0) is 8.97. The number of ether oxygens (including phenoxy) is 1. The maximum absolute atomic E-state index is 8.52. The van der Waals surface area contributed by atoms with Crippen molar-refractivity contribution in [3.05, 3.63) is 11.9 Å². The van der Waals surface area contributed by atoms with Crippen molar-refractivity contribution in [2.24, 2.45) is 0 Å². The number of nitrogen functional groups attached to an aromatic ring is 1. The highest BCUT2D eigenvalue weighted by Crippen LogP contribution is 2.06. The molecule has 0 spiro atoms. The van der Waals surface area contributed by atoms with Gasteiger partial charge in [-0.3, -0.25) is 4.68 Å². The van der Waals surface area contributed by atoms with E-state index in [2.05, 4.69) is 5.10 Å². The van der Waals surface area contributed by atoms with Gasteiger partial charge in [0.15, 0.2) is 5.69 Å². The summed E-state index contributed by atoms with van der Waals surface area (Å²) < 4.78 is 6.44. The zero-order valence-electron chi connectivity index (χ0n) is 6.82. The van der Waals surface area contributed by atoms with E-state index in [-0.39, 0.29) is 5.69 Å². The molecule has 0 radical (unpaired) electrons. The van der Waals surface area contributed by atoms with Crippen LogP contribution in [0.15, 0.2) is 6.20 Å². The van der Waals surface area contributed by atoms with Crippen LogP contribution in [0.3, 0.4) is 0 Å². The van der Waals surface area contributed by atoms with Crippen molar-refractivity contribution in [3.63, 3.8) is 0 Å². The van der Waals surface area contributed by atoms with Gasteiger partial charge < -0.3 is 10.5 Å². The number of nitrogens with two attached hydrogens (primary N) is 1. The van der Waals surface area contributed by atoms with Crippen LogP contribution in [0.2, 0.25) is 0 Å². The van der Waals surface area contributed by atoms with Crippen molar-refractivity contribution < 1.29 is 4.74 Å². The summed E-state index contributed by atoms with van der Waals surface area (Å²) in [5, 5.41) is 12.4. The second-order valence-corrected chi connectivity index (χ2v) is 2.30. The minimum absolute atomic E-state index is 0.270. The van der Waals surface area contributed by atoms with Crippen molar-refractivity contribution in [1.82, 2.24) is 9.78 Å². The van der Waals surface area contributed by atoms with Crippen LogP contribution >= 0.6 is 0 Å². The number of methoxy groups -OCH3 is 1. The van der Waals surface area contributed by atoms with Crippen LogP contribution in [0, 0.1) is 11.3 Å². The number of aromatic nitrogens is 2. The van der Waals surface area contributed by atoms with Crippen molar-refractivity contribution in [2.45, 2.75) is 6.54 Å². The Balaban J connectivity index is 2.70. The fourth-order valence-electron chi connectivity index (χ4n) is 0.823. The average Bonchev–Trinajstić information content (AvgIpc) is 2.43. The quantitative estimate of drug-likeness (QED) is 0.684. The summed E-state index contributed by atoms with van der Waals surface area (Å²) in [5.74, 6) is 0. The molecule has 1 aromatic rings. The van der Waals surface area contributed by atoms with E-state index in [0.717, 1.165) is 0 Å². The molecule has 0 aromatic carbocycles. The Morgan fingerprint density at radius 2 is 2.58 bits per heavy atom. The molecule has 0 aliphatic rings. The monoisotopic (exact) mass is 166 g/mol. The molecule has 5 nitrogen and oxygen atoms in total. The Kier molecular flexibility index (Phi) is 2.66. The Bertz CT molecular complexity index is 299. The molecule has 64 valence electrons. The predicted molar refractivity (Wildman–Crippen MR) is 43.2 cm³/mol. The zero-order valence-corrected chi connectivity index (χ0v) is 6.82. The molecule has 1 aromatic heterocycles. The van der Waals surface area contributed by atoms with E-state index in [0.29, 0.717) is 18.8 Å². The molecular weight excluding hydrogens is 156 g/mol. The van der Waals surface area contributed by atoms with Crippen LogP contribution in [0.25, 0.3) is 0 Å². The molecule has 0 unspecified atom stereocenters. The Morgan fingerprint density at radius 1 is 1.83 bits per heavy atom. The standard InChI is InChI=1S/C7H10N4O/c1-12-3-2-11-5-6(9)7(4-8)10-11/h5H,2-3,9H2,1H3. The summed E-state index contributed by atoms with van der Waals surface area (Å²) in [4.78, 5) is 0. The average molecular weight is 166 g/mol. The molecular formula is C7H10N4O. The number of hydrogen-bond donors (Lipinski definition) is 1. The first-order valence-corrected chi connectivity index (χ1v) is 3.50. The first-order valence-electron chi connectivity index (χ1n) is 3.50. The van der Waals surface area contributed by atoms with E-state index in [1.165, 1.54) is 0 Å². The number of hydrogen-bond acceptors (Lipinski definition) is 4. The van der Waals surface area contributed by atoms with Gasteiger partial charge in [-0.2, -0.15) is 10.4 Å². The van der Waals surface area contributed by atoms with Crippen LogP contribution < -0.4 is 5.73 Å². The fraction of sp³-hybridized carbons (Fsp3) is 0.429. The van der Waals surface area contributed by atoms with E-state index in [4.69, 9.17) is 15.7 Å². The molecule has 0 saturated carbocycles. The molecule has 0 fully saturated rings. The van der Waals surface area contributed by atoms with Crippen LogP contribution in [0.4, 0.5) is 5.69 Å². The van der Waals surface area contributed by atoms with Crippen LogP contribution in [-0.4, -0.2) is 23.5 Å². The summed E-state index contributed by atoms with van der Waals surface area (Å²) in [7, 11) is 1.61. The summed E-state index contributed by atoms with van der Waals surface area (Å²) >= 11 is 0. The lowest BCUT2D eigenvalue weighted by atomic mass is 10.4. The fourth-order valence-corrected chi connectivity index (χ4v) is 0.823. The van der Waals surface area contributed by atoms with E-state index in [9.17, 15) is 0 Å². The van der Waals surface area contributed by atoms with Gasteiger partial charge in [0.25, 0.3) is 0 Å². The van der Waals surface area contributed by atoms with Crippen molar-refractivity contribution in [3.8, 4) is 6.07 Å². The summed E-state index contributed by atoms with van der Waals surface area (Å²) in [6, 6.07) is 1.89. The first-order chi connectivity index (χ1) is 5.77. The third-order valence-corrected chi connectivity index (χ3v) is 1.42.